The van der Waals surface area contributed by atoms with Crippen LogP contribution in [0.1, 0.15) is 55.8 Å². The third-order valence-electron chi connectivity index (χ3n) is 5.22. The van der Waals surface area contributed by atoms with Crippen LogP contribution in [0.4, 0.5) is 0 Å². The van der Waals surface area contributed by atoms with Gasteiger partial charge in [0.1, 0.15) is 0 Å². The Morgan fingerprint density at radius 1 is 1.00 bits per heavy atom. The van der Waals surface area contributed by atoms with E-state index in [2.05, 4.69) is 11.9 Å². The van der Waals surface area contributed by atoms with Gasteiger partial charge in [0.15, 0.2) is 10.9 Å². The lowest BCUT2D eigenvalue weighted by molar-refractivity contribution is 0.0599. The molecule has 0 amide bonds. The van der Waals surface area contributed by atoms with E-state index in [1.54, 1.807) is 18.3 Å². The van der Waals surface area contributed by atoms with Crippen molar-refractivity contribution in [3.05, 3.63) is 64.7 Å². The predicted molar refractivity (Wildman–Crippen MR) is 125 cm³/mol. The molecule has 0 bridgehead atoms. The van der Waals surface area contributed by atoms with Gasteiger partial charge in [-0.25, -0.2) is 14.6 Å². The number of carbonyl (C=O) groups is 3. The highest BCUT2D eigenvalue weighted by Crippen LogP contribution is 2.26. The molecule has 3 rings (SSSR count). The minimum absolute atomic E-state index is 0.0253. The van der Waals surface area contributed by atoms with Crippen molar-refractivity contribution in [2.45, 2.75) is 38.9 Å². The van der Waals surface area contributed by atoms with Crippen LogP contribution in [0.5, 0.6) is 0 Å². The Balaban J connectivity index is 1.94. The van der Waals surface area contributed by atoms with Gasteiger partial charge in [0.05, 0.1) is 31.1 Å². The number of hydrogen-bond donors (Lipinski definition) is 0. The van der Waals surface area contributed by atoms with E-state index in [0.717, 1.165) is 23.8 Å². The van der Waals surface area contributed by atoms with Crippen LogP contribution in [0.2, 0.25) is 0 Å². The van der Waals surface area contributed by atoms with Gasteiger partial charge in [0.2, 0.25) is 0 Å². The summed E-state index contributed by atoms with van der Waals surface area (Å²) in [4.78, 5) is 41.7. The highest BCUT2D eigenvalue weighted by atomic mass is 32.2. The molecule has 9 heteroatoms. The molecule has 0 saturated heterocycles. The van der Waals surface area contributed by atoms with Crippen LogP contribution in [-0.2, 0) is 16.0 Å². The minimum atomic E-state index is -0.570. The van der Waals surface area contributed by atoms with Crippen molar-refractivity contribution in [3.8, 4) is 5.69 Å². The van der Waals surface area contributed by atoms with Gasteiger partial charge in [-0.1, -0.05) is 18.7 Å². The van der Waals surface area contributed by atoms with E-state index in [4.69, 9.17) is 9.47 Å². The van der Waals surface area contributed by atoms with Gasteiger partial charge < -0.3 is 18.6 Å². The molecule has 0 aliphatic carbocycles. The quantitative estimate of drug-likeness (QED) is 0.263. The van der Waals surface area contributed by atoms with Crippen LogP contribution in [-0.4, -0.2) is 51.8 Å². The Morgan fingerprint density at radius 3 is 2.21 bits per heavy atom. The first-order valence-corrected chi connectivity index (χ1v) is 11.5. The molecule has 3 aromatic rings. The van der Waals surface area contributed by atoms with Crippen molar-refractivity contribution in [1.82, 2.24) is 14.1 Å². The molecule has 0 spiro atoms. The number of rotatable bonds is 9. The fourth-order valence-electron chi connectivity index (χ4n) is 3.71. The summed E-state index contributed by atoms with van der Waals surface area (Å²) in [7, 11) is 2.55. The summed E-state index contributed by atoms with van der Waals surface area (Å²) in [5.74, 6) is -0.914. The second kappa shape index (κ2) is 10.5. The first kappa shape index (κ1) is 24.3. The number of hydrogen-bond acceptors (Lipinski definition) is 7. The van der Waals surface area contributed by atoms with Crippen LogP contribution in [0.3, 0.4) is 0 Å². The molecule has 0 aliphatic heterocycles. The van der Waals surface area contributed by atoms with Gasteiger partial charge in [-0.3, -0.25) is 4.79 Å². The molecule has 2 heterocycles. The lowest BCUT2D eigenvalue weighted by Crippen LogP contribution is -2.10. The van der Waals surface area contributed by atoms with Crippen LogP contribution in [0, 0.1) is 13.8 Å². The molecule has 2 aromatic heterocycles. The van der Waals surface area contributed by atoms with Crippen LogP contribution < -0.4 is 0 Å². The summed E-state index contributed by atoms with van der Waals surface area (Å²) < 4.78 is 13.5. The van der Waals surface area contributed by atoms with Crippen molar-refractivity contribution in [3.63, 3.8) is 0 Å². The van der Waals surface area contributed by atoms with Crippen LogP contribution >= 0.6 is 11.8 Å². The molecule has 33 heavy (non-hydrogen) atoms. The predicted octanol–water partition coefficient (Wildman–Crippen LogP) is 4.25. The SMILES string of the molecule is CCCn1ccnc1SCC(=O)c1cc(C)n(-c2cc(C(=O)OC)cc(C(=O)OC)c2)c1C. The Hall–Kier alpha value is -3.33. The molecule has 1 aromatic carbocycles. The number of Topliss-reactive ketones (excluding diaryl/α,β-unsaturated/α-hetero) is 1. The molecule has 0 fully saturated rings. The van der Waals surface area contributed by atoms with E-state index in [-0.39, 0.29) is 22.7 Å². The maximum atomic E-state index is 13.1. The number of aryl methyl sites for hydroxylation is 2. The van der Waals surface area contributed by atoms with E-state index in [1.165, 1.54) is 32.0 Å². The maximum Gasteiger partial charge on any atom is 0.337 e. The smallest absolute Gasteiger partial charge is 0.337 e. The van der Waals surface area contributed by atoms with Gasteiger partial charge in [0, 0.05) is 41.6 Å². The van der Waals surface area contributed by atoms with Gasteiger partial charge in [-0.05, 0) is 44.5 Å². The second-order valence-corrected chi connectivity index (χ2v) is 8.43. The summed E-state index contributed by atoms with van der Waals surface area (Å²) in [6.07, 6.45) is 4.63. The zero-order valence-electron chi connectivity index (χ0n) is 19.4. The number of ketones is 1. The molecule has 0 radical (unpaired) electrons. The van der Waals surface area contributed by atoms with Gasteiger partial charge >= 0.3 is 11.9 Å². The average molecular weight is 470 g/mol. The minimum Gasteiger partial charge on any atom is -0.465 e. The Bertz CT molecular complexity index is 1160. The number of benzene rings is 1. The molecule has 8 nitrogen and oxygen atoms in total. The third kappa shape index (κ3) is 5.19. The van der Waals surface area contributed by atoms with Gasteiger partial charge in [-0.2, -0.15) is 0 Å². The highest BCUT2D eigenvalue weighted by Gasteiger charge is 2.20. The first-order chi connectivity index (χ1) is 15.8. The number of imidazole rings is 1. The largest absolute Gasteiger partial charge is 0.465 e. The summed E-state index contributed by atoms with van der Waals surface area (Å²) in [6.45, 7) is 6.65. The van der Waals surface area contributed by atoms with Crippen LogP contribution in [0.15, 0.2) is 41.8 Å². The van der Waals surface area contributed by atoms with E-state index in [9.17, 15) is 14.4 Å². The summed E-state index contributed by atoms with van der Waals surface area (Å²) in [5, 5.41) is 0.813. The highest BCUT2D eigenvalue weighted by molar-refractivity contribution is 7.99. The number of ether oxygens (including phenoxy) is 2. The van der Waals surface area contributed by atoms with E-state index in [1.807, 2.05) is 35.2 Å². The molecule has 0 unspecified atom stereocenters. The zero-order chi connectivity index (χ0) is 24.1. The lowest BCUT2D eigenvalue weighted by atomic mass is 10.1. The van der Waals surface area contributed by atoms with E-state index in [0.29, 0.717) is 16.9 Å². The van der Waals surface area contributed by atoms with Crippen molar-refractivity contribution < 1.29 is 23.9 Å². The molecular formula is C24H27N3O5S. The summed E-state index contributed by atoms with van der Waals surface area (Å²) in [6, 6.07) is 6.50. The van der Waals surface area contributed by atoms with Crippen molar-refractivity contribution in [2.75, 3.05) is 20.0 Å². The Morgan fingerprint density at radius 2 is 1.64 bits per heavy atom. The topological polar surface area (TPSA) is 92.4 Å². The summed E-state index contributed by atoms with van der Waals surface area (Å²) >= 11 is 1.41. The monoisotopic (exact) mass is 469 g/mol. The average Bonchev–Trinajstić information content (AvgIpc) is 3.39. The number of methoxy groups -OCH3 is 2. The number of esters is 2. The summed E-state index contributed by atoms with van der Waals surface area (Å²) in [5.41, 5.74) is 3.09. The van der Waals surface area contributed by atoms with Gasteiger partial charge in [-0.15, -0.1) is 0 Å². The standard InChI is InChI=1S/C24H27N3O5S/c1-6-8-26-9-7-25-24(26)33-14-21(28)20-10-15(2)27(16(20)3)19-12-17(22(29)31-4)11-18(13-19)23(30)32-5/h7,9-13H,6,8,14H2,1-5H3. The molecule has 0 N–H and O–H groups in total. The molecular weight excluding hydrogens is 442 g/mol. The maximum absolute atomic E-state index is 13.1. The molecule has 174 valence electrons. The number of aromatic nitrogens is 3. The Labute approximate surface area is 196 Å². The number of carbonyl (C=O) groups excluding carboxylic acids is 3. The van der Waals surface area contributed by atoms with Crippen molar-refractivity contribution >= 4 is 29.5 Å². The van der Waals surface area contributed by atoms with E-state index < -0.39 is 11.9 Å². The normalized spacial score (nSPS) is 10.8. The second-order valence-electron chi connectivity index (χ2n) is 7.49. The van der Waals surface area contributed by atoms with Crippen molar-refractivity contribution in [1.29, 1.82) is 0 Å². The number of thioether (sulfide) groups is 1. The number of nitrogens with zero attached hydrogens (tertiary/aromatic N) is 3. The molecule has 0 aliphatic rings. The van der Waals surface area contributed by atoms with Crippen LogP contribution in [0.25, 0.3) is 5.69 Å². The zero-order valence-corrected chi connectivity index (χ0v) is 20.2. The van der Waals surface area contributed by atoms with Gasteiger partial charge in [0.25, 0.3) is 0 Å². The third-order valence-corrected chi connectivity index (χ3v) is 6.23. The fourth-order valence-corrected chi connectivity index (χ4v) is 4.58. The molecule has 0 atom stereocenters. The van der Waals surface area contributed by atoms with E-state index >= 15 is 0 Å². The Kier molecular flexibility index (Phi) is 7.75. The molecule has 0 saturated carbocycles. The lowest BCUT2D eigenvalue weighted by Gasteiger charge is -2.13. The first-order valence-electron chi connectivity index (χ1n) is 10.5. The fraction of sp³-hybridized carbons (Fsp3) is 0.333. The van der Waals surface area contributed by atoms with Crippen molar-refractivity contribution in [2.24, 2.45) is 0 Å².